The fraction of sp³-hybridized carbons (Fsp3) is 0.900. The van der Waals surface area contributed by atoms with Gasteiger partial charge in [0.05, 0.1) is 13.2 Å². The molecule has 4 heteroatoms. The molecule has 1 amide bonds. The maximum absolute atomic E-state index is 11.6. The van der Waals surface area contributed by atoms with Gasteiger partial charge in [-0.1, -0.05) is 13.3 Å². The van der Waals surface area contributed by atoms with Gasteiger partial charge in [0, 0.05) is 20.2 Å². The van der Waals surface area contributed by atoms with Crippen LogP contribution < -0.4 is 5.32 Å². The lowest BCUT2D eigenvalue weighted by Gasteiger charge is -2.21. The maximum Gasteiger partial charge on any atom is 0.236 e. The van der Waals surface area contributed by atoms with Crippen LogP contribution in [-0.4, -0.2) is 51.2 Å². The molecule has 0 bridgehead atoms. The molecule has 0 aliphatic carbocycles. The predicted molar refractivity (Wildman–Crippen MR) is 57.3 cm³/mol. The van der Waals surface area contributed by atoms with Crippen molar-refractivity contribution in [2.75, 3.05) is 40.4 Å². The topological polar surface area (TPSA) is 41.6 Å². The Kier molecular flexibility index (Phi) is 8.57. The van der Waals surface area contributed by atoms with Crippen LogP contribution in [0.15, 0.2) is 0 Å². The van der Waals surface area contributed by atoms with E-state index in [2.05, 4.69) is 12.2 Å². The number of hydrogen-bond acceptors (Lipinski definition) is 3. The lowest BCUT2D eigenvalue weighted by Crippen LogP contribution is -2.39. The molecule has 0 aliphatic rings. The highest BCUT2D eigenvalue weighted by atomic mass is 16.5. The van der Waals surface area contributed by atoms with Crippen LogP contribution in [0.3, 0.4) is 0 Å². The van der Waals surface area contributed by atoms with Crippen molar-refractivity contribution in [2.45, 2.75) is 19.8 Å². The Morgan fingerprint density at radius 2 is 2.14 bits per heavy atom. The number of ether oxygens (including phenoxy) is 1. The van der Waals surface area contributed by atoms with E-state index in [4.69, 9.17) is 4.74 Å². The number of nitrogens with one attached hydrogen (secondary N) is 1. The molecule has 1 N–H and O–H groups in total. The highest BCUT2D eigenvalue weighted by Gasteiger charge is 2.10. The summed E-state index contributed by atoms with van der Waals surface area (Å²) in [7, 11) is 3.44. The monoisotopic (exact) mass is 202 g/mol. The Hall–Kier alpha value is -0.610. The fourth-order valence-electron chi connectivity index (χ4n) is 1.17. The first-order valence-corrected chi connectivity index (χ1v) is 5.17. The van der Waals surface area contributed by atoms with Gasteiger partial charge in [-0.25, -0.2) is 0 Å². The second kappa shape index (κ2) is 8.97. The number of rotatable bonds is 8. The van der Waals surface area contributed by atoms with Crippen molar-refractivity contribution in [3.8, 4) is 0 Å². The molecule has 0 aliphatic heterocycles. The summed E-state index contributed by atoms with van der Waals surface area (Å²) in [5, 5.41) is 2.87. The van der Waals surface area contributed by atoms with Gasteiger partial charge in [-0.15, -0.1) is 0 Å². The predicted octanol–water partition coefficient (Wildman–Crippen LogP) is 0.481. The Bertz CT molecular complexity index is 143. The van der Waals surface area contributed by atoms with E-state index in [0.29, 0.717) is 19.7 Å². The summed E-state index contributed by atoms with van der Waals surface area (Å²) in [6.07, 6.45) is 2.16. The summed E-state index contributed by atoms with van der Waals surface area (Å²) in [4.78, 5) is 13.4. The van der Waals surface area contributed by atoms with Crippen LogP contribution in [0.2, 0.25) is 0 Å². The zero-order valence-electron chi connectivity index (χ0n) is 9.51. The SMILES string of the molecule is CCCCN(CCOC)C(=O)CNC. The average molecular weight is 202 g/mol. The van der Waals surface area contributed by atoms with Gasteiger partial charge in [0.25, 0.3) is 0 Å². The van der Waals surface area contributed by atoms with E-state index in [1.54, 1.807) is 14.2 Å². The number of nitrogens with zero attached hydrogens (tertiary/aromatic N) is 1. The molecule has 0 aromatic carbocycles. The van der Waals surface area contributed by atoms with E-state index in [1.807, 2.05) is 4.90 Å². The number of carbonyl (C=O) groups is 1. The Balaban J connectivity index is 3.88. The number of methoxy groups -OCH3 is 1. The molecule has 0 saturated carbocycles. The minimum Gasteiger partial charge on any atom is -0.383 e. The summed E-state index contributed by atoms with van der Waals surface area (Å²) in [5.74, 6) is 0.151. The largest absolute Gasteiger partial charge is 0.383 e. The molecule has 14 heavy (non-hydrogen) atoms. The molecule has 0 rings (SSSR count). The fourth-order valence-corrected chi connectivity index (χ4v) is 1.17. The molecule has 0 spiro atoms. The van der Waals surface area contributed by atoms with Gasteiger partial charge in [-0.05, 0) is 13.5 Å². The third-order valence-electron chi connectivity index (χ3n) is 2.03. The molecule has 0 aromatic rings. The number of likely N-dealkylation sites (N-methyl/N-ethyl adjacent to an activating group) is 1. The minimum absolute atomic E-state index is 0.151. The van der Waals surface area contributed by atoms with E-state index in [-0.39, 0.29) is 5.91 Å². The number of carbonyl (C=O) groups excluding carboxylic acids is 1. The van der Waals surface area contributed by atoms with Crippen LogP contribution in [0, 0.1) is 0 Å². The van der Waals surface area contributed by atoms with Crippen molar-refractivity contribution in [2.24, 2.45) is 0 Å². The summed E-state index contributed by atoms with van der Waals surface area (Å²) < 4.78 is 4.97. The molecule has 0 aromatic heterocycles. The third-order valence-corrected chi connectivity index (χ3v) is 2.03. The van der Waals surface area contributed by atoms with Crippen LogP contribution in [0.25, 0.3) is 0 Å². The van der Waals surface area contributed by atoms with Crippen LogP contribution in [0.1, 0.15) is 19.8 Å². The van der Waals surface area contributed by atoms with Crippen molar-refractivity contribution in [1.29, 1.82) is 0 Å². The van der Waals surface area contributed by atoms with E-state index < -0.39 is 0 Å². The smallest absolute Gasteiger partial charge is 0.236 e. The molecule has 0 saturated heterocycles. The van der Waals surface area contributed by atoms with Crippen molar-refractivity contribution in [3.05, 3.63) is 0 Å². The first-order chi connectivity index (χ1) is 6.76. The molecule has 0 unspecified atom stereocenters. The summed E-state index contributed by atoms with van der Waals surface area (Å²) in [5.41, 5.74) is 0. The summed E-state index contributed by atoms with van der Waals surface area (Å²) in [6, 6.07) is 0. The van der Waals surface area contributed by atoms with Gasteiger partial charge in [-0.2, -0.15) is 0 Å². The summed E-state index contributed by atoms with van der Waals surface area (Å²) in [6.45, 7) is 4.67. The van der Waals surface area contributed by atoms with Gasteiger partial charge >= 0.3 is 0 Å². The zero-order chi connectivity index (χ0) is 10.8. The molecular weight excluding hydrogens is 180 g/mol. The van der Waals surface area contributed by atoms with Gasteiger partial charge < -0.3 is 15.0 Å². The number of hydrogen-bond donors (Lipinski definition) is 1. The third kappa shape index (κ3) is 5.94. The van der Waals surface area contributed by atoms with E-state index in [0.717, 1.165) is 19.4 Å². The van der Waals surface area contributed by atoms with E-state index in [9.17, 15) is 4.79 Å². The van der Waals surface area contributed by atoms with Crippen molar-refractivity contribution < 1.29 is 9.53 Å². The quantitative estimate of drug-likeness (QED) is 0.622. The maximum atomic E-state index is 11.6. The highest BCUT2D eigenvalue weighted by Crippen LogP contribution is 1.95. The summed E-state index contributed by atoms with van der Waals surface area (Å²) >= 11 is 0. The molecular formula is C10H22N2O2. The van der Waals surface area contributed by atoms with E-state index >= 15 is 0 Å². The van der Waals surface area contributed by atoms with Crippen molar-refractivity contribution >= 4 is 5.91 Å². The number of unbranched alkanes of at least 4 members (excludes halogenated alkanes) is 1. The normalized spacial score (nSPS) is 10.2. The Morgan fingerprint density at radius 3 is 2.64 bits per heavy atom. The highest BCUT2D eigenvalue weighted by molar-refractivity contribution is 5.78. The second-order valence-corrected chi connectivity index (χ2v) is 3.26. The van der Waals surface area contributed by atoms with Crippen LogP contribution in [0.5, 0.6) is 0 Å². The molecule has 0 heterocycles. The van der Waals surface area contributed by atoms with Gasteiger partial charge in [0.2, 0.25) is 5.91 Å². The van der Waals surface area contributed by atoms with Gasteiger partial charge in [0.1, 0.15) is 0 Å². The lowest BCUT2D eigenvalue weighted by molar-refractivity contribution is -0.130. The molecule has 84 valence electrons. The lowest BCUT2D eigenvalue weighted by atomic mass is 10.3. The Morgan fingerprint density at radius 1 is 1.43 bits per heavy atom. The zero-order valence-corrected chi connectivity index (χ0v) is 9.51. The van der Waals surface area contributed by atoms with Crippen molar-refractivity contribution in [3.63, 3.8) is 0 Å². The number of amides is 1. The van der Waals surface area contributed by atoms with Gasteiger partial charge in [0.15, 0.2) is 0 Å². The molecule has 4 nitrogen and oxygen atoms in total. The van der Waals surface area contributed by atoms with Gasteiger partial charge in [-0.3, -0.25) is 4.79 Å². The van der Waals surface area contributed by atoms with Crippen molar-refractivity contribution in [1.82, 2.24) is 10.2 Å². The molecule has 0 atom stereocenters. The Labute approximate surface area is 86.6 Å². The molecule has 0 radical (unpaired) electrons. The van der Waals surface area contributed by atoms with Crippen LogP contribution in [-0.2, 0) is 9.53 Å². The minimum atomic E-state index is 0.151. The standard InChI is InChI=1S/C10H22N2O2/c1-4-5-6-12(7-8-14-3)10(13)9-11-2/h11H,4-9H2,1-3H3. The van der Waals surface area contributed by atoms with Crippen LogP contribution >= 0.6 is 0 Å². The van der Waals surface area contributed by atoms with Crippen LogP contribution in [0.4, 0.5) is 0 Å². The first-order valence-electron chi connectivity index (χ1n) is 5.17. The average Bonchev–Trinajstić information content (AvgIpc) is 2.18. The first kappa shape index (κ1) is 13.4. The van der Waals surface area contributed by atoms with E-state index in [1.165, 1.54) is 0 Å². The molecule has 0 fully saturated rings. The second-order valence-electron chi connectivity index (χ2n) is 3.26.